The molecule has 0 aliphatic rings. The Morgan fingerprint density at radius 1 is 1.29 bits per heavy atom. The molecule has 0 saturated heterocycles. The van der Waals surface area contributed by atoms with Crippen LogP contribution in [0.25, 0.3) is 0 Å². The zero-order valence-electron chi connectivity index (χ0n) is 11.3. The predicted molar refractivity (Wildman–Crippen MR) is 88.4 cm³/mol. The lowest BCUT2D eigenvalue weighted by Gasteiger charge is -2.11. The molecule has 21 heavy (non-hydrogen) atoms. The van der Waals surface area contributed by atoms with Crippen molar-refractivity contribution in [2.24, 2.45) is 0 Å². The van der Waals surface area contributed by atoms with Gasteiger partial charge in [0.25, 0.3) is 0 Å². The highest BCUT2D eigenvalue weighted by Gasteiger charge is 2.06. The molecule has 110 valence electrons. The molecule has 0 radical (unpaired) electrons. The molecule has 2 aromatic heterocycles. The summed E-state index contributed by atoms with van der Waals surface area (Å²) in [4.78, 5) is 12.5. The van der Waals surface area contributed by atoms with Crippen LogP contribution in [0.3, 0.4) is 0 Å². The van der Waals surface area contributed by atoms with Crippen molar-refractivity contribution in [1.82, 2.24) is 20.3 Å². The highest BCUT2D eigenvalue weighted by molar-refractivity contribution is 9.10. The third-order valence-corrected chi connectivity index (χ3v) is 3.43. The fourth-order valence-electron chi connectivity index (χ4n) is 1.65. The Balaban J connectivity index is 1.83. The van der Waals surface area contributed by atoms with Crippen LogP contribution in [-0.4, -0.2) is 33.7 Å². The molecule has 0 aromatic carbocycles. The molecule has 0 spiro atoms. The van der Waals surface area contributed by atoms with E-state index in [1.165, 1.54) is 0 Å². The second kappa shape index (κ2) is 7.84. The number of anilines is 1. The van der Waals surface area contributed by atoms with E-state index in [0.717, 1.165) is 11.4 Å². The third kappa shape index (κ3) is 4.61. The number of hydrogen-bond acceptors (Lipinski definition) is 5. The van der Waals surface area contributed by atoms with E-state index in [1.54, 1.807) is 25.7 Å². The molecule has 0 bridgehead atoms. The van der Waals surface area contributed by atoms with E-state index in [4.69, 9.17) is 17.0 Å². The van der Waals surface area contributed by atoms with Gasteiger partial charge in [0, 0.05) is 31.6 Å². The molecule has 0 atom stereocenters. The molecule has 6 nitrogen and oxygen atoms in total. The van der Waals surface area contributed by atoms with Crippen molar-refractivity contribution < 1.29 is 4.74 Å². The first-order chi connectivity index (χ1) is 10.2. The molecule has 0 unspecified atom stereocenters. The van der Waals surface area contributed by atoms with Crippen molar-refractivity contribution in [1.29, 1.82) is 0 Å². The first-order valence-electron chi connectivity index (χ1n) is 6.20. The number of nitrogens with one attached hydrogen (secondary N) is 2. The van der Waals surface area contributed by atoms with Gasteiger partial charge < -0.3 is 15.4 Å². The summed E-state index contributed by atoms with van der Waals surface area (Å²) in [5.41, 5.74) is 0.885. The number of pyridine rings is 1. The van der Waals surface area contributed by atoms with Crippen LogP contribution >= 0.6 is 28.1 Å². The van der Waals surface area contributed by atoms with E-state index >= 15 is 0 Å². The summed E-state index contributed by atoms with van der Waals surface area (Å²) >= 11 is 8.51. The van der Waals surface area contributed by atoms with Crippen molar-refractivity contribution in [3.05, 3.63) is 41.0 Å². The van der Waals surface area contributed by atoms with Crippen LogP contribution in [0.1, 0.15) is 5.69 Å². The minimum Gasteiger partial charge on any atom is -0.495 e. The van der Waals surface area contributed by atoms with Crippen LogP contribution in [0.5, 0.6) is 5.75 Å². The number of ether oxygens (including phenoxy) is 1. The molecule has 0 aliphatic heterocycles. The van der Waals surface area contributed by atoms with Gasteiger partial charge in [0.05, 0.1) is 12.8 Å². The molecule has 2 N–H and O–H groups in total. The van der Waals surface area contributed by atoms with E-state index in [2.05, 4.69) is 41.5 Å². The molecular weight excluding hydrogens is 354 g/mol. The van der Waals surface area contributed by atoms with Crippen molar-refractivity contribution in [2.45, 2.75) is 6.42 Å². The van der Waals surface area contributed by atoms with Gasteiger partial charge in [0.2, 0.25) is 0 Å². The quantitative estimate of drug-likeness (QED) is 0.784. The summed E-state index contributed by atoms with van der Waals surface area (Å²) in [5, 5.41) is 6.55. The number of methoxy groups -OCH3 is 1. The maximum absolute atomic E-state index is 5.25. The molecule has 8 heteroatoms. The maximum atomic E-state index is 5.25. The summed E-state index contributed by atoms with van der Waals surface area (Å²) in [6.07, 6.45) is 5.63. The minimum absolute atomic E-state index is 0.478. The van der Waals surface area contributed by atoms with Gasteiger partial charge in [-0.3, -0.25) is 4.98 Å². The molecule has 0 aliphatic carbocycles. The van der Waals surface area contributed by atoms with Crippen LogP contribution < -0.4 is 15.4 Å². The lowest BCUT2D eigenvalue weighted by molar-refractivity contribution is 0.406. The van der Waals surface area contributed by atoms with Gasteiger partial charge in [-0.05, 0) is 40.3 Å². The smallest absolute Gasteiger partial charge is 0.172 e. The highest BCUT2D eigenvalue weighted by atomic mass is 79.9. The largest absolute Gasteiger partial charge is 0.495 e. The molecular formula is C13H14BrN5OS. The molecule has 2 rings (SSSR count). The Morgan fingerprint density at radius 3 is 2.86 bits per heavy atom. The van der Waals surface area contributed by atoms with Crippen molar-refractivity contribution >= 4 is 39.1 Å². The average Bonchev–Trinajstić information content (AvgIpc) is 2.50. The van der Waals surface area contributed by atoms with Gasteiger partial charge in [0.15, 0.2) is 10.9 Å². The summed E-state index contributed by atoms with van der Waals surface area (Å²) < 4.78 is 5.86. The van der Waals surface area contributed by atoms with Crippen LogP contribution in [0.15, 0.2) is 35.3 Å². The number of halogens is 1. The number of nitrogens with zero attached hydrogens (tertiary/aromatic N) is 3. The fourth-order valence-corrected chi connectivity index (χ4v) is 2.17. The number of rotatable bonds is 5. The predicted octanol–water partition coefficient (Wildman–Crippen LogP) is 2.17. The standard InChI is InChI=1S/C13H14BrN5OS/c1-20-10-3-2-5-15-9(10)4-6-18-13(21)19-12-11(14)16-7-8-17-12/h2-3,5,7-8H,4,6H2,1H3,(H2,17,18,19,21). The Morgan fingerprint density at radius 2 is 2.10 bits per heavy atom. The van der Waals surface area contributed by atoms with Gasteiger partial charge in [0.1, 0.15) is 10.4 Å². The summed E-state index contributed by atoms with van der Waals surface area (Å²) in [6, 6.07) is 3.73. The number of thiocarbonyl (C=S) groups is 1. The van der Waals surface area contributed by atoms with E-state index in [0.29, 0.717) is 28.5 Å². The maximum Gasteiger partial charge on any atom is 0.172 e. The van der Waals surface area contributed by atoms with Gasteiger partial charge in [-0.1, -0.05) is 0 Å². The first kappa shape index (κ1) is 15.6. The fraction of sp³-hybridized carbons (Fsp3) is 0.231. The molecule has 0 saturated carbocycles. The van der Waals surface area contributed by atoms with E-state index in [9.17, 15) is 0 Å². The minimum atomic E-state index is 0.478. The Bertz CT molecular complexity index is 625. The lowest BCUT2D eigenvalue weighted by atomic mass is 10.2. The summed E-state index contributed by atoms with van der Waals surface area (Å²) in [5.74, 6) is 1.35. The zero-order valence-corrected chi connectivity index (χ0v) is 13.7. The van der Waals surface area contributed by atoms with Gasteiger partial charge in [-0.25, -0.2) is 9.97 Å². The van der Waals surface area contributed by atoms with Crippen LogP contribution in [-0.2, 0) is 6.42 Å². The van der Waals surface area contributed by atoms with Gasteiger partial charge >= 0.3 is 0 Å². The third-order valence-electron chi connectivity index (χ3n) is 2.60. The summed E-state index contributed by atoms with van der Waals surface area (Å²) in [6.45, 7) is 0.636. The number of hydrogen-bond donors (Lipinski definition) is 2. The van der Waals surface area contributed by atoms with Crippen LogP contribution in [0.4, 0.5) is 5.82 Å². The molecule has 2 aromatic rings. The van der Waals surface area contributed by atoms with E-state index in [1.807, 2.05) is 12.1 Å². The highest BCUT2D eigenvalue weighted by Crippen LogP contribution is 2.15. The molecule has 0 fully saturated rings. The SMILES string of the molecule is COc1cccnc1CCNC(=S)Nc1nccnc1Br. The monoisotopic (exact) mass is 367 g/mol. The lowest BCUT2D eigenvalue weighted by Crippen LogP contribution is -2.30. The average molecular weight is 368 g/mol. The second-order valence-corrected chi connectivity index (χ2v) is 5.14. The van der Waals surface area contributed by atoms with E-state index < -0.39 is 0 Å². The van der Waals surface area contributed by atoms with Crippen molar-refractivity contribution in [2.75, 3.05) is 19.0 Å². The zero-order chi connectivity index (χ0) is 15.1. The normalized spacial score (nSPS) is 10.0. The van der Waals surface area contributed by atoms with Crippen LogP contribution in [0, 0.1) is 0 Å². The molecule has 2 heterocycles. The van der Waals surface area contributed by atoms with Crippen molar-refractivity contribution in [3.8, 4) is 5.75 Å². The Kier molecular flexibility index (Phi) is 5.82. The van der Waals surface area contributed by atoms with Gasteiger partial charge in [-0.2, -0.15) is 0 Å². The van der Waals surface area contributed by atoms with E-state index in [-0.39, 0.29) is 0 Å². The Labute approximate surface area is 136 Å². The molecule has 0 amide bonds. The topological polar surface area (TPSA) is 72.0 Å². The van der Waals surface area contributed by atoms with Crippen LogP contribution in [0.2, 0.25) is 0 Å². The van der Waals surface area contributed by atoms with Crippen molar-refractivity contribution in [3.63, 3.8) is 0 Å². The van der Waals surface area contributed by atoms with Gasteiger partial charge in [-0.15, -0.1) is 0 Å². The first-order valence-corrected chi connectivity index (χ1v) is 7.40. The summed E-state index contributed by atoms with van der Waals surface area (Å²) in [7, 11) is 1.63. The Hall–Kier alpha value is -1.80. The number of aromatic nitrogens is 3. The second-order valence-electron chi connectivity index (χ2n) is 3.98.